The van der Waals surface area contributed by atoms with Gasteiger partial charge in [-0.15, -0.1) is 0 Å². The number of para-hydroxylation sites is 1. The Labute approximate surface area is 147 Å². The molecule has 7 nitrogen and oxygen atoms in total. The molecule has 0 radical (unpaired) electrons. The van der Waals surface area contributed by atoms with Gasteiger partial charge < -0.3 is 19.9 Å². The Hall–Kier alpha value is -2.83. The number of rotatable bonds is 5. The van der Waals surface area contributed by atoms with Crippen molar-refractivity contribution in [2.45, 2.75) is 45.9 Å². The van der Waals surface area contributed by atoms with Crippen LogP contribution in [-0.4, -0.2) is 33.2 Å². The molecule has 0 aliphatic carbocycles. The molecule has 0 fully saturated rings. The largest absolute Gasteiger partial charge is 0.444 e. The van der Waals surface area contributed by atoms with Crippen LogP contribution in [0.1, 0.15) is 33.5 Å². The Morgan fingerprint density at radius 1 is 1.24 bits per heavy atom. The molecule has 2 rings (SSSR count). The fraction of sp³-hybridized carbons (Fsp3) is 0.389. The van der Waals surface area contributed by atoms with Crippen molar-refractivity contribution in [3.8, 4) is 5.69 Å². The van der Waals surface area contributed by atoms with Gasteiger partial charge in [0.2, 0.25) is 5.91 Å². The summed E-state index contributed by atoms with van der Waals surface area (Å²) < 4.78 is 7.03. The molecule has 134 valence electrons. The highest BCUT2D eigenvalue weighted by molar-refractivity contribution is 5.85. The van der Waals surface area contributed by atoms with Crippen molar-refractivity contribution in [2.75, 3.05) is 0 Å². The van der Waals surface area contributed by atoms with Crippen LogP contribution in [0.2, 0.25) is 0 Å². The van der Waals surface area contributed by atoms with Crippen molar-refractivity contribution in [1.29, 1.82) is 0 Å². The van der Waals surface area contributed by atoms with E-state index in [9.17, 15) is 9.59 Å². The maximum atomic E-state index is 12.2. The molecule has 0 aliphatic heterocycles. The predicted molar refractivity (Wildman–Crippen MR) is 94.2 cm³/mol. The number of alkyl carbamates (subject to hydrolysis) is 1. The van der Waals surface area contributed by atoms with Gasteiger partial charge in [-0.25, -0.2) is 9.78 Å². The van der Waals surface area contributed by atoms with Crippen LogP contribution in [0.25, 0.3) is 5.69 Å². The van der Waals surface area contributed by atoms with Gasteiger partial charge >= 0.3 is 6.09 Å². The Balaban J connectivity index is 1.90. The summed E-state index contributed by atoms with van der Waals surface area (Å²) in [5.41, 5.74) is 0.352. The van der Waals surface area contributed by atoms with Crippen LogP contribution in [-0.2, 0) is 16.1 Å². The van der Waals surface area contributed by atoms with E-state index < -0.39 is 17.7 Å². The molecule has 1 aromatic carbocycles. The highest BCUT2D eigenvalue weighted by Gasteiger charge is 2.21. The predicted octanol–water partition coefficient (Wildman–Crippen LogP) is 2.40. The van der Waals surface area contributed by atoms with Gasteiger partial charge in [0, 0.05) is 18.1 Å². The molecule has 25 heavy (non-hydrogen) atoms. The van der Waals surface area contributed by atoms with E-state index in [0.717, 1.165) is 5.69 Å². The zero-order valence-corrected chi connectivity index (χ0v) is 14.9. The summed E-state index contributed by atoms with van der Waals surface area (Å²) >= 11 is 0. The second-order valence-electron chi connectivity index (χ2n) is 6.63. The first kappa shape index (κ1) is 18.5. The zero-order chi connectivity index (χ0) is 18.4. The first-order valence-corrected chi connectivity index (χ1v) is 8.11. The number of hydrogen-bond donors (Lipinski definition) is 2. The van der Waals surface area contributed by atoms with Gasteiger partial charge in [0.25, 0.3) is 0 Å². The topological polar surface area (TPSA) is 85.2 Å². The van der Waals surface area contributed by atoms with Crippen molar-refractivity contribution >= 4 is 12.0 Å². The van der Waals surface area contributed by atoms with E-state index in [-0.39, 0.29) is 12.5 Å². The average molecular weight is 344 g/mol. The molecule has 2 aromatic rings. The third kappa shape index (κ3) is 5.63. The van der Waals surface area contributed by atoms with Gasteiger partial charge in [0.15, 0.2) is 0 Å². The second kappa shape index (κ2) is 7.83. The Bertz CT molecular complexity index is 719. The number of benzene rings is 1. The fourth-order valence-electron chi connectivity index (χ4n) is 2.16. The summed E-state index contributed by atoms with van der Waals surface area (Å²) in [5.74, 6) is 0.387. The second-order valence-corrected chi connectivity index (χ2v) is 6.63. The number of carbonyl (C=O) groups is 2. The summed E-state index contributed by atoms with van der Waals surface area (Å²) in [6.07, 6.45) is 2.89. The van der Waals surface area contributed by atoms with E-state index in [4.69, 9.17) is 4.74 Å². The number of imidazole rings is 1. The first-order valence-electron chi connectivity index (χ1n) is 8.11. The molecule has 0 unspecified atom stereocenters. The van der Waals surface area contributed by atoms with Gasteiger partial charge in [-0.1, -0.05) is 18.2 Å². The van der Waals surface area contributed by atoms with E-state index in [2.05, 4.69) is 15.6 Å². The minimum absolute atomic E-state index is 0.251. The molecule has 2 N–H and O–H groups in total. The molecule has 1 heterocycles. The zero-order valence-electron chi connectivity index (χ0n) is 14.9. The Kier molecular flexibility index (Phi) is 5.80. The lowest BCUT2D eigenvalue weighted by Gasteiger charge is -2.21. The molecule has 2 amide bonds. The van der Waals surface area contributed by atoms with Crippen LogP contribution < -0.4 is 10.6 Å². The van der Waals surface area contributed by atoms with Crippen LogP contribution in [0.3, 0.4) is 0 Å². The molecular weight excluding hydrogens is 320 g/mol. The number of nitrogens with one attached hydrogen (secondary N) is 2. The first-order chi connectivity index (χ1) is 11.8. The van der Waals surface area contributed by atoms with Crippen molar-refractivity contribution in [3.05, 3.63) is 48.5 Å². The quantitative estimate of drug-likeness (QED) is 0.872. The number of hydrogen-bond acceptors (Lipinski definition) is 4. The van der Waals surface area contributed by atoms with E-state index in [1.807, 2.05) is 41.1 Å². The maximum absolute atomic E-state index is 12.2. The lowest BCUT2D eigenvalue weighted by atomic mass is 10.2. The molecular formula is C18H24N4O3. The van der Waals surface area contributed by atoms with Gasteiger partial charge in [0.05, 0.1) is 6.54 Å². The smallest absolute Gasteiger partial charge is 0.408 e. The highest BCUT2D eigenvalue weighted by Crippen LogP contribution is 2.10. The molecule has 1 aromatic heterocycles. The molecule has 1 atom stereocenters. The molecule has 0 saturated carbocycles. The van der Waals surface area contributed by atoms with Crippen LogP contribution in [0, 0.1) is 0 Å². The minimum Gasteiger partial charge on any atom is -0.444 e. The van der Waals surface area contributed by atoms with Crippen LogP contribution >= 0.6 is 0 Å². The molecule has 0 saturated heterocycles. The lowest BCUT2D eigenvalue weighted by molar-refractivity contribution is -0.123. The van der Waals surface area contributed by atoms with Crippen molar-refractivity contribution in [3.63, 3.8) is 0 Å². The summed E-state index contributed by atoms with van der Waals surface area (Å²) in [6, 6.07) is 9.01. The summed E-state index contributed by atoms with van der Waals surface area (Å²) in [6.45, 7) is 7.15. The van der Waals surface area contributed by atoms with Crippen LogP contribution in [0.4, 0.5) is 4.79 Å². The van der Waals surface area contributed by atoms with Gasteiger partial charge in [-0.3, -0.25) is 4.79 Å². The number of aromatic nitrogens is 2. The van der Waals surface area contributed by atoms with Gasteiger partial charge in [-0.2, -0.15) is 0 Å². The number of ether oxygens (including phenoxy) is 1. The lowest BCUT2D eigenvalue weighted by Crippen LogP contribution is -2.46. The SMILES string of the molecule is C[C@H](NC(=O)OC(C)(C)C)C(=O)NCc1nccn1-c1ccccc1. The molecule has 0 aliphatic rings. The summed E-state index contributed by atoms with van der Waals surface area (Å²) in [7, 11) is 0. The molecule has 0 spiro atoms. The minimum atomic E-state index is -0.713. The Morgan fingerprint density at radius 3 is 2.56 bits per heavy atom. The van der Waals surface area contributed by atoms with Crippen molar-refractivity contribution in [1.82, 2.24) is 20.2 Å². The van der Waals surface area contributed by atoms with Gasteiger partial charge in [-0.05, 0) is 39.8 Å². The van der Waals surface area contributed by atoms with E-state index in [1.54, 1.807) is 33.9 Å². The maximum Gasteiger partial charge on any atom is 0.408 e. The van der Waals surface area contributed by atoms with E-state index >= 15 is 0 Å². The normalized spacial score (nSPS) is 12.3. The standard InChI is InChI=1S/C18H24N4O3/c1-13(21-17(24)25-18(2,3)4)16(23)20-12-15-19-10-11-22(15)14-8-6-5-7-9-14/h5-11,13H,12H2,1-4H3,(H,20,23)(H,21,24)/t13-/m0/s1. The summed E-state index contributed by atoms with van der Waals surface area (Å²) in [5, 5.41) is 5.28. The molecule has 7 heteroatoms. The van der Waals surface area contributed by atoms with Crippen LogP contribution in [0.5, 0.6) is 0 Å². The van der Waals surface area contributed by atoms with Gasteiger partial charge in [0.1, 0.15) is 17.5 Å². The van der Waals surface area contributed by atoms with E-state index in [1.165, 1.54) is 0 Å². The monoisotopic (exact) mass is 344 g/mol. The van der Waals surface area contributed by atoms with Crippen molar-refractivity contribution in [2.24, 2.45) is 0 Å². The average Bonchev–Trinajstić information content (AvgIpc) is 3.00. The van der Waals surface area contributed by atoms with E-state index in [0.29, 0.717) is 5.82 Å². The third-order valence-electron chi connectivity index (χ3n) is 3.30. The number of carbonyl (C=O) groups excluding carboxylic acids is 2. The molecule has 0 bridgehead atoms. The Morgan fingerprint density at radius 2 is 1.92 bits per heavy atom. The highest BCUT2D eigenvalue weighted by atomic mass is 16.6. The van der Waals surface area contributed by atoms with Crippen LogP contribution in [0.15, 0.2) is 42.7 Å². The number of amides is 2. The number of nitrogens with zero attached hydrogens (tertiary/aromatic N) is 2. The fourth-order valence-corrected chi connectivity index (χ4v) is 2.16. The van der Waals surface area contributed by atoms with Crippen molar-refractivity contribution < 1.29 is 14.3 Å². The summed E-state index contributed by atoms with van der Waals surface area (Å²) in [4.78, 5) is 28.2. The third-order valence-corrected chi connectivity index (χ3v) is 3.30.